The second kappa shape index (κ2) is 4.17. The summed E-state index contributed by atoms with van der Waals surface area (Å²) in [6, 6.07) is 12.2. The SMILES string of the molecule is Cc1ccc(-c2cc3ccoc3c3ncccc23)nc1. The molecule has 0 spiro atoms. The topological polar surface area (TPSA) is 38.9 Å². The quantitative estimate of drug-likeness (QED) is 0.510. The van der Waals surface area contributed by atoms with Gasteiger partial charge < -0.3 is 4.42 Å². The largest absolute Gasteiger partial charge is 0.462 e. The molecule has 0 aliphatic carbocycles. The summed E-state index contributed by atoms with van der Waals surface area (Å²) in [5.41, 5.74) is 4.91. The first-order chi connectivity index (χ1) is 9.83. The van der Waals surface area contributed by atoms with Crippen molar-refractivity contribution in [2.75, 3.05) is 0 Å². The normalized spacial score (nSPS) is 11.2. The van der Waals surface area contributed by atoms with E-state index in [9.17, 15) is 0 Å². The van der Waals surface area contributed by atoms with Gasteiger partial charge in [-0.2, -0.15) is 0 Å². The first kappa shape index (κ1) is 11.2. The number of aromatic nitrogens is 2. The van der Waals surface area contributed by atoms with Crippen LogP contribution in [0.4, 0.5) is 0 Å². The molecule has 3 aromatic heterocycles. The van der Waals surface area contributed by atoms with Crippen molar-refractivity contribution in [2.45, 2.75) is 6.92 Å². The molecule has 0 radical (unpaired) electrons. The maximum absolute atomic E-state index is 5.56. The number of hydrogen-bond acceptors (Lipinski definition) is 3. The average molecular weight is 260 g/mol. The minimum absolute atomic E-state index is 0.830. The maximum Gasteiger partial charge on any atom is 0.160 e. The fraction of sp³-hybridized carbons (Fsp3) is 0.0588. The Morgan fingerprint density at radius 2 is 2.00 bits per heavy atom. The molecule has 96 valence electrons. The van der Waals surface area contributed by atoms with Crippen LogP contribution in [0, 0.1) is 6.92 Å². The van der Waals surface area contributed by atoms with Crippen LogP contribution in [0.1, 0.15) is 5.56 Å². The summed E-state index contributed by atoms with van der Waals surface area (Å²) in [5.74, 6) is 0. The van der Waals surface area contributed by atoms with Crippen LogP contribution in [-0.4, -0.2) is 9.97 Å². The molecule has 4 rings (SSSR count). The Hall–Kier alpha value is -2.68. The molecule has 0 saturated heterocycles. The van der Waals surface area contributed by atoms with Crippen molar-refractivity contribution in [1.82, 2.24) is 9.97 Å². The predicted molar refractivity (Wildman–Crippen MR) is 79.5 cm³/mol. The van der Waals surface area contributed by atoms with Crippen LogP contribution in [0.3, 0.4) is 0 Å². The molecule has 0 N–H and O–H groups in total. The second-order valence-corrected chi connectivity index (χ2v) is 4.88. The smallest absolute Gasteiger partial charge is 0.160 e. The van der Waals surface area contributed by atoms with E-state index in [1.165, 1.54) is 0 Å². The average Bonchev–Trinajstić information content (AvgIpc) is 2.96. The summed E-state index contributed by atoms with van der Waals surface area (Å²) in [7, 11) is 0. The van der Waals surface area contributed by atoms with E-state index >= 15 is 0 Å². The molecule has 3 heteroatoms. The number of hydrogen-bond donors (Lipinski definition) is 0. The molecular weight excluding hydrogens is 248 g/mol. The zero-order valence-electron chi connectivity index (χ0n) is 11.0. The number of furan rings is 1. The molecule has 0 saturated carbocycles. The van der Waals surface area contributed by atoms with E-state index in [1.54, 1.807) is 12.5 Å². The predicted octanol–water partition coefficient (Wildman–Crippen LogP) is 4.35. The van der Waals surface area contributed by atoms with Gasteiger partial charge >= 0.3 is 0 Å². The maximum atomic E-state index is 5.56. The van der Waals surface area contributed by atoms with Crippen molar-refractivity contribution in [3.8, 4) is 11.3 Å². The molecule has 3 heterocycles. The number of rotatable bonds is 1. The third-order valence-corrected chi connectivity index (χ3v) is 3.50. The summed E-state index contributed by atoms with van der Waals surface area (Å²) in [6.07, 6.45) is 5.37. The molecule has 0 amide bonds. The highest BCUT2D eigenvalue weighted by Gasteiger charge is 2.11. The molecule has 0 unspecified atom stereocenters. The van der Waals surface area contributed by atoms with E-state index in [2.05, 4.69) is 28.2 Å². The summed E-state index contributed by atoms with van der Waals surface area (Å²) < 4.78 is 5.56. The highest BCUT2D eigenvalue weighted by molar-refractivity contribution is 6.08. The van der Waals surface area contributed by atoms with E-state index in [0.29, 0.717) is 0 Å². The number of aryl methyl sites for hydroxylation is 1. The van der Waals surface area contributed by atoms with Gasteiger partial charge in [-0.3, -0.25) is 9.97 Å². The van der Waals surface area contributed by atoms with Crippen molar-refractivity contribution in [3.05, 3.63) is 60.6 Å². The Labute approximate surface area is 115 Å². The molecule has 4 aromatic rings. The zero-order valence-corrected chi connectivity index (χ0v) is 11.0. The van der Waals surface area contributed by atoms with Gasteiger partial charge in [0.25, 0.3) is 0 Å². The van der Waals surface area contributed by atoms with Gasteiger partial charge in [0.1, 0.15) is 5.52 Å². The molecule has 0 atom stereocenters. The van der Waals surface area contributed by atoms with Crippen LogP contribution in [0.2, 0.25) is 0 Å². The first-order valence-electron chi connectivity index (χ1n) is 6.51. The highest BCUT2D eigenvalue weighted by atomic mass is 16.3. The molecule has 0 fully saturated rings. The van der Waals surface area contributed by atoms with Crippen molar-refractivity contribution in [3.63, 3.8) is 0 Å². The van der Waals surface area contributed by atoms with Crippen LogP contribution in [0.5, 0.6) is 0 Å². The Balaban J connectivity index is 2.13. The summed E-state index contributed by atoms with van der Waals surface area (Å²) >= 11 is 0. The summed E-state index contributed by atoms with van der Waals surface area (Å²) in [4.78, 5) is 9.00. The van der Waals surface area contributed by atoms with Crippen LogP contribution in [0.25, 0.3) is 33.1 Å². The van der Waals surface area contributed by atoms with Gasteiger partial charge in [0.2, 0.25) is 0 Å². The van der Waals surface area contributed by atoms with E-state index in [1.807, 2.05) is 31.3 Å². The molecule has 1 aromatic carbocycles. The Kier molecular flexibility index (Phi) is 2.33. The van der Waals surface area contributed by atoms with Gasteiger partial charge in [-0.1, -0.05) is 12.1 Å². The van der Waals surface area contributed by atoms with Crippen LogP contribution < -0.4 is 0 Å². The third kappa shape index (κ3) is 1.60. The molecular formula is C17H12N2O. The summed E-state index contributed by atoms with van der Waals surface area (Å²) in [5, 5.41) is 2.11. The molecule has 0 bridgehead atoms. The third-order valence-electron chi connectivity index (χ3n) is 3.50. The van der Waals surface area contributed by atoms with E-state index in [4.69, 9.17) is 4.42 Å². The van der Waals surface area contributed by atoms with Crippen molar-refractivity contribution < 1.29 is 4.42 Å². The number of fused-ring (bicyclic) bond motifs is 3. The monoisotopic (exact) mass is 260 g/mol. The Morgan fingerprint density at radius 1 is 1.05 bits per heavy atom. The standard InChI is InChI=1S/C17H12N2O/c1-11-4-5-15(19-10-11)14-9-12-6-8-20-17(12)16-13(14)3-2-7-18-16/h2-10H,1H3. The lowest BCUT2D eigenvalue weighted by molar-refractivity contribution is 0.618. The first-order valence-corrected chi connectivity index (χ1v) is 6.51. The van der Waals surface area contributed by atoms with Crippen molar-refractivity contribution in [1.29, 1.82) is 0 Å². The molecule has 3 nitrogen and oxygen atoms in total. The van der Waals surface area contributed by atoms with Gasteiger partial charge in [0, 0.05) is 28.7 Å². The van der Waals surface area contributed by atoms with Crippen LogP contribution in [-0.2, 0) is 0 Å². The summed E-state index contributed by atoms with van der Waals surface area (Å²) in [6.45, 7) is 2.04. The minimum Gasteiger partial charge on any atom is -0.462 e. The van der Waals surface area contributed by atoms with Crippen molar-refractivity contribution in [2.24, 2.45) is 0 Å². The zero-order chi connectivity index (χ0) is 13.5. The number of nitrogens with zero attached hydrogens (tertiary/aromatic N) is 2. The van der Waals surface area contributed by atoms with E-state index in [0.717, 1.165) is 38.7 Å². The number of benzene rings is 1. The van der Waals surface area contributed by atoms with Gasteiger partial charge in [0.05, 0.1) is 12.0 Å². The lowest BCUT2D eigenvalue weighted by atomic mass is 10.0. The van der Waals surface area contributed by atoms with E-state index in [-0.39, 0.29) is 0 Å². The Morgan fingerprint density at radius 3 is 2.85 bits per heavy atom. The molecule has 0 aliphatic heterocycles. The van der Waals surface area contributed by atoms with Gasteiger partial charge in [-0.05, 0) is 36.8 Å². The highest BCUT2D eigenvalue weighted by Crippen LogP contribution is 2.33. The Bertz CT molecular complexity index is 907. The second-order valence-electron chi connectivity index (χ2n) is 4.88. The van der Waals surface area contributed by atoms with Crippen molar-refractivity contribution >= 4 is 21.9 Å². The van der Waals surface area contributed by atoms with Crippen LogP contribution in [0.15, 0.2) is 59.5 Å². The van der Waals surface area contributed by atoms with E-state index < -0.39 is 0 Å². The van der Waals surface area contributed by atoms with Gasteiger partial charge in [-0.15, -0.1) is 0 Å². The van der Waals surface area contributed by atoms with Crippen LogP contribution >= 0.6 is 0 Å². The lowest BCUT2D eigenvalue weighted by Crippen LogP contribution is -1.88. The number of pyridine rings is 2. The molecule has 0 aliphatic rings. The fourth-order valence-corrected chi connectivity index (χ4v) is 2.50. The fourth-order valence-electron chi connectivity index (χ4n) is 2.50. The van der Waals surface area contributed by atoms with Gasteiger partial charge in [0.15, 0.2) is 5.58 Å². The minimum atomic E-state index is 0.830. The lowest BCUT2D eigenvalue weighted by Gasteiger charge is -2.06. The van der Waals surface area contributed by atoms with Gasteiger partial charge in [-0.25, -0.2) is 0 Å². The molecule has 20 heavy (non-hydrogen) atoms.